The van der Waals surface area contributed by atoms with Crippen LogP contribution in [-0.2, 0) is 4.74 Å². The van der Waals surface area contributed by atoms with Crippen molar-refractivity contribution in [2.24, 2.45) is 5.92 Å². The summed E-state index contributed by atoms with van der Waals surface area (Å²) in [6.45, 7) is 6.33. The lowest BCUT2D eigenvalue weighted by molar-refractivity contribution is 0.00725. The molecular weight excluding hydrogens is 180 g/mol. The maximum atomic E-state index is 11.5. The van der Waals surface area contributed by atoms with Gasteiger partial charge in [0, 0.05) is 26.7 Å². The van der Waals surface area contributed by atoms with Crippen molar-refractivity contribution in [1.29, 1.82) is 0 Å². The standard InChI is InChI=1S/C10H20N2O2/c1-4-11-10(13)12-6-5-8(2)9(7-12)14-3/h8-9H,4-7H2,1-3H3,(H,11,13). The van der Waals surface area contributed by atoms with E-state index < -0.39 is 0 Å². The van der Waals surface area contributed by atoms with Gasteiger partial charge in [-0.05, 0) is 19.3 Å². The van der Waals surface area contributed by atoms with Gasteiger partial charge in [-0.15, -0.1) is 0 Å². The van der Waals surface area contributed by atoms with E-state index in [9.17, 15) is 4.79 Å². The third-order valence-electron chi connectivity index (χ3n) is 2.81. The highest BCUT2D eigenvalue weighted by molar-refractivity contribution is 5.74. The molecule has 2 unspecified atom stereocenters. The van der Waals surface area contributed by atoms with E-state index in [-0.39, 0.29) is 12.1 Å². The van der Waals surface area contributed by atoms with Crippen LogP contribution in [0.5, 0.6) is 0 Å². The molecule has 1 fully saturated rings. The Balaban J connectivity index is 2.45. The Hall–Kier alpha value is -0.770. The van der Waals surface area contributed by atoms with Crippen LogP contribution in [0.25, 0.3) is 0 Å². The van der Waals surface area contributed by atoms with Crippen LogP contribution < -0.4 is 5.32 Å². The number of carbonyl (C=O) groups excluding carboxylic acids is 1. The monoisotopic (exact) mass is 200 g/mol. The zero-order chi connectivity index (χ0) is 10.6. The number of hydrogen-bond acceptors (Lipinski definition) is 2. The Bertz CT molecular complexity index is 197. The molecule has 0 bridgehead atoms. The van der Waals surface area contributed by atoms with E-state index in [0.717, 1.165) is 13.0 Å². The number of methoxy groups -OCH3 is 1. The van der Waals surface area contributed by atoms with Crippen LogP contribution in [0, 0.1) is 5.92 Å². The Morgan fingerprint density at radius 2 is 2.36 bits per heavy atom. The summed E-state index contributed by atoms with van der Waals surface area (Å²) in [4.78, 5) is 13.4. The first-order chi connectivity index (χ1) is 6.69. The average molecular weight is 200 g/mol. The highest BCUT2D eigenvalue weighted by Crippen LogP contribution is 2.19. The van der Waals surface area contributed by atoms with Crippen molar-refractivity contribution >= 4 is 6.03 Å². The first kappa shape index (κ1) is 11.3. The number of carbonyl (C=O) groups is 1. The lowest BCUT2D eigenvalue weighted by Gasteiger charge is -2.36. The Labute approximate surface area is 85.6 Å². The molecule has 4 nitrogen and oxygen atoms in total. The largest absolute Gasteiger partial charge is 0.379 e. The Morgan fingerprint density at radius 3 is 2.93 bits per heavy atom. The summed E-state index contributed by atoms with van der Waals surface area (Å²) in [6.07, 6.45) is 1.21. The molecule has 1 saturated heterocycles. The first-order valence-corrected chi connectivity index (χ1v) is 5.24. The van der Waals surface area contributed by atoms with Crippen molar-refractivity contribution in [3.63, 3.8) is 0 Å². The highest BCUT2D eigenvalue weighted by atomic mass is 16.5. The molecule has 1 aliphatic heterocycles. The molecule has 1 heterocycles. The van der Waals surface area contributed by atoms with Crippen molar-refractivity contribution in [2.75, 3.05) is 26.7 Å². The van der Waals surface area contributed by atoms with Crippen molar-refractivity contribution in [2.45, 2.75) is 26.4 Å². The maximum absolute atomic E-state index is 11.5. The smallest absolute Gasteiger partial charge is 0.317 e. The molecular formula is C10H20N2O2. The number of ether oxygens (including phenoxy) is 1. The van der Waals surface area contributed by atoms with Crippen molar-refractivity contribution < 1.29 is 9.53 Å². The zero-order valence-electron chi connectivity index (χ0n) is 9.25. The van der Waals surface area contributed by atoms with E-state index in [0.29, 0.717) is 19.0 Å². The van der Waals surface area contributed by atoms with Gasteiger partial charge < -0.3 is 15.0 Å². The number of amides is 2. The predicted molar refractivity (Wildman–Crippen MR) is 55.2 cm³/mol. The third kappa shape index (κ3) is 2.61. The molecule has 4 heteroatoms. The molecule has 82 valence electrons. The zero-order valence-corrected chi connectivity index (χ0v) is 9.25. The summed E-state index contributed by atoms with van der Waals surface area (Å²) in [7, 11) is 1.71. The van der Waals surface area contributed by atoms with Gasteiger partial charge in [0.25, 0.3) is 0 Å². The fourth-order valence-corrected chi connectivity index (χ4v) is 1.79. The molecule has 0 radical (unpaired) electrons. The Morgan fingerprint density at radius 1 is 1.64 bits per heavy atom. The summed E-state index contributed by atoms with van der Waals surface area (Å²) < 4.78 is 5.34. The molecule has 0 aromatic heterocycles. The number of rotatable bonds is 2. The summed E-state index contributed by atoms with van der Waals surface area (Å²) in [5, 5.41) is 2.81. The normalized spacial score (nSPS) is 27.5. The molecule has 0 aliphatic carbocycles. The number of hydrogen-bond donors (Lipinski definition) is 1. The molecule has 0 aromatic rings. The average Bonchev–Trinajstić information content (AvgIpc) is 2.19. The number of likely N-dealkylation sites (tertiary alicyclic amines) is 1. The number of piperidine rings is 1. The van der Waals surface area contributed by atoms with E-state index in [2.05, 4.69) is 12.2 Å². The van der Waals surface area contributed by atoms with Crippen LogP contribution in [0.3, 0.4) is 0 Å². The van der Waals surface area contributed by atoms with Crippen molar-refractivity contribution in [1.82, 2.24) is 10.2 Å². The van der Waals surface area contributed by atoms with Crippen LogP contribution in [0.4, 0.5) is 4.79 Å². The third-order valence-corrected chi connectivity index (χ3v) is 2.81. The summed E-state index contributed by atoms with van der Waals surface area (Å²) >= 11 is 0. The minimum absolute atomic E-state index is 0.0291. The maximum Gasteiger partial charge on any atom is 0.317 e. The lowest BCUT2D eigenvalue weighted by Crippen LogP contribution is -2.50. The summed E-state index contributed by atoms with van der Waals surface area (Å²) in [5.41, 5.74) is 0. The quantitative estimate of drug-likeness (QED) is 0.724. The number of nitrogens with one attached hydrogen (secondary N) is 1. The van der Waals surface area contributed by atoms with Gasteiger partial charge in [0.2, 0.25) is 0 Å². The van der Waals surface area contributed by atoms with Crippen LogP contribution in [-0.4, -0.2) is 43.8 Å². The van der Waals surface area contributed by atoms with Gasteiger partial charge in [0.15, 0.2) is 0 Å². The van der Waals surface area contributed by atoms with Gasteiger partial charge in [0.05, 0.1) is 6.10 Å². The predicted octanol–water partition coefficient (Wildman–Crippen LogP) is 1.07. The lowest BCUT2D eigenvalue weighted by atomic mass is 9.96. The van der Waals surface area contributed by atoms with Crippen LogP contribution in [0.2, 0.25) is 0 Å². The molecule has 0 saturated carbocycles. The van der Waals surface area contributed by atoms with Gasteiger partial charge in [0.1, 0.15) is 0 Å². The minimum Gasteiger partial charge on any atom is -0.379 e. The number of urea groups is 1. The van der Waals surface area contributed by atoms with Gasteiger partial charge in [-0.1, -0.05) is 6.92 Å². The van der Waals surface area contributed by atoms with Crippen molar-refractivity contribution in [3.8, 4) is 0 Å². The van der Waals surface area contributed by atoms with Crippen molar-refractivity contribution in [3.05, 3.63) is 0 Å². The van der Waals surface area contributed by atoms with Gasteiger partial charge in [-0.2, -0.15) is 0 Å². The topological polar surface area (TPSA) is 41.6 Å². The summed E-state index contributed by atoms with van der Waals surface area (Å²) in [5.74, 6) is 0.547. The fraction of sp³-hybridized carbons (Fsp3) is 0.900. The number of nitrogens with zero attached hydrogens (tertiary/aromatic N) is 1. The van der Waals surface area contributed by atoms with E-state index >= 15 is 0 Å². The van der Waals surface area contributed by atoms with E-state index in [1.807, 2.05) is 11.8 Å². The van der Waals surface area contributed by atoms with Crippen LogP contribution in [0.15, 0.2) is 0 Å². The fourth-order valence-electron chi connectivity index (χ4n) is 1.79. The SMILES string of the molecule is CCNC(=O)N1CCC(C)C(OC)C1. The van der Waals surface area contributed by atoms with Gasteiger partial charge in [-0.25, -0.2) is 4.79 Å². The minimum atomic E-state index is 0.0291. The second-order valence-corrected chi connectivity index (χ2v) is 3.82. The van der Waals surface area contributed by atoms with E-state index in [1.54, 1.807) is 7.11 Å². The second-order valence-electron chi connectivity index (χ2n) is 3.82. The molecule has 14 heavy (non-hydrogen) atoms. The molecule has 0 spiro atoms. The first-order valence-electron chi connectivity index (χ1n) is 5.24. The molecule has 1 aliphatic rings. The molecule has 0 aromatic carbocycles. The van der Waals surface area contributed by atoms with E-state index in [4.69, 9.17) is 4.74 Å². The van der Waals surface area contributed by atoms with Gasteiger partial charge >= 0.3 is 6.03 Å². The molecule has 2 amide bonds. The van der Waals surface area contributed by atoms with Crippen LogP contribution >= 0.6 is 0 Å². The molecule has 2 atom stereocenters. The highest BCUT2D eigenvalue weighted by Gasteiger charge is 2.28. The van der Waals surface area contributed by atoms with E-state index in [1.165, 1.54) is 0 Å². The van der Waals surface area contributed by atoms with Crippen LogP contribution in [0.1, 0.15) is 20.3 Å². The Kier molecular flexibility index (Phi) is 4.20. The summed E-state index contributed by atoms with van der Waals surface area (Å²) in [6, 6.07) is 0.0291. The van der Waals surface area contributed by atoms with Gasteiger partial charge in [-0.3, -0.25) is 0 Å². The second kappa shape index (κ2) is 5.20. The molecule has 1 rings (SSSR count). The molecule has 1 N–H and O–H groups in total.